The average Bonchev–Trinajstić information content (AvgIpc) is 2.36. The van der Waals surface area contributed by atoms with Crippen LogP contribution in [0.15, 0.2) is 24.3 Å². The molecule has 0 bridgehead atoms. The highest BCUT2D eigenvalue weighted by atomic mass is 32.1. The zero-order valence-corrected chi connectivity index (χ0v) is 11.6. The predicted molar refractivity (Wildman–Crippen MR) is 79.2 cm³/mol. The van der Waals surface area contributed by atoms with Gasteiger partial charge >= 0.3 is 11.8 Å². The van der Waals surface area contributed by atoms with Crippen LogP contribution >= 0.6 is 12.2 Å². The molecule has 0 heterocycles. The maximum Gasteiger partial charge on any atom is 0.313 e. The molecule has 0 radical (unpaired) electrons. The van der Waals surface area contributed by atoms with E-state index in [0.717, 1.165) is 5.69 Å². The smallest absolute Gasteiger partial charge is 0.313 e. The van der Waals surface area contributed by atoms with E-state index in [1.165, 1.54) is 0 Å². The molecule has 1 rings (SSSR count). The van der Waals surface area contributed by atoms with E-state index in [1.54, 1.807) is 18.2 Å². The van der Waals surface area contributed by atoms with Gasteiger partial charge in [0.2, 0.25) is 0 Å². The van der Waals surface area contributed by atoms with Crippen molar-refractivity contribution in [2.24, 2.45) is 5.73 Å². The van der Waals surface area contributed by atoms with E-state index in [9.17, 15) is 9.59 Å². The molecule has 0 atom stereocenters. The fourth-order valence-electron chi connectivity index (χ4n) is 1.30. The van der Waals surface area contributed by atoms with Crippen LogP contribution in [-0.4, -0.2) is 37.4 Å². The lowest BCUT2D eigenvalue weighted by molar-refractivity contribution is -0.135. The zero-order chi connectivity index (χ0) is 14.4. The van der Waals surface area contributed by atoms with E-state index in [4.69, 9.17) is 5.73 Å². The number of benzene rings is 1. The third-order valence-corrected chi connectivity index (χ3v) is 2.39. The van der Waals surface area contributed by atoms with E-state index in [0.29, 0.717) is 5.69 Å². The average molecular weight is 280 g/mol. The molecule has 0 unspecified atom stereocenters. The molecule has 19 heavy (non-hydrogen) atoms. The van der Waals surface area contributed by atoms with Crippen molar-refractivity contribution in [3.63, 3.8) is 0 Å². The summed E-state index contributed by atoms with van der Waals surface area (Å²) in [4.78, 5) is 25.0. The Morgan fingerprint density at radius 2 is 2.00 bits per heavy atom. The van der Waals surface area contributed by atoms with Crippen molar-refractivity contribution in [2.45, 2.75) is 0 Å². The normalized spacial score (nSPS) is 9.58. The number of carbonyl (C=O) groups excluding carboxylic acids is 2. The van der Waals surface area contributed by atoms with Crippen molar-refractivity contribution in [2.75, 3.05) is 30.9 Å². The second-order valence-corrected chi connectivity index (χ2v) is 4.57. The number of hydrogen-bond donors (Lipinski definition) is 3. The lowest BCUT2D eigenvalue weighted by Gasteiger charge is -2.13. The molecule has 7 heteroatoms. The number of nitrogens with zero attached hydrogens (tertiary/aromatic N) is 1. The fourth-order valence-corrected chi connectivity index (χ4v) is 1.37. The molecular weight excluding hydrogens is 264 g/mol. The number of rotatable bonds is 4. The van der Waals surface area contributed by atoms with Crippen molar-refractivity contribution in [1.82, 2.24) is 5.32 Å². The Morgan fingerprint density at radius 3 is 2.58 bits per heavy atom. The third kappa shape index (κ3) is 4.92. The third-order valence-electron chi connectivity index (χ3n) is 2.25. The summed E-state index contributed by atoms with van der Waals surface area (Å²) in [6.07, 6.45) is 0. The van der Waals surface area contributed by atoms with Crippen LogP contribution < -0.4 is 21.3 Å². The van der Waals surface area contributed by atoms with Gasteiger partial charge in [-0.25, -0.2) is 0 Å². The van der Waals surface area contributed by atoms with Gasteiger partial charge in [-0.2, -0.15) is 0 Å². The monoisotopic (exact) mass is 280 g/mol. The van der Waals surface area contributed by atoms with Crippen LogP contribution in [0.5, 0.6) is 0 Å². The molecule has 0 spiro atoms. The highest BCUT2D eigenvalue weighted by Crippen LogP contribution is 2.16. The SMILES string of the molecule is CN(C)c1cccc(NC(=O)C(=O)NCC(N)=S)c1. The molecule has 0 fully saturated rings. The molecule has 0 aromatic heterocycles. The van der Waals surface area contributed by atoms with E-state index < -0.39 is 11.8 Å². The number of thiocarbonyl (C=S) groups is 1. The molecular formula is C12H16N4O2S. The second kappa shape index (κ2) is 6.69. The molecule has 4 N–H and O–H groups in total. The summed E-state index contributed by atoms with van der Waals surface area (Å²) in [6.45, 7) is -0.000671. The Bertz CT molecular complexity index is 502. The van der Waals surface area contributed by atoms with Crippen molar-refractivity contribution in [1.29, 1.82) is 0 Å². The van der Waals surface area contributed by atoms with Gasteiger partial charge in [0.15, 0.2) is 0 Å². The van der Waals surface area contributed by atoms with Gasteiger partial charge in [0.1, 0.15) is 0 Å². The van der Waals surface area contributed by atoms with Gasteiger partial charge in [-0.15, -0.1) is 0 Å². The molecule has 1 aromatic rings. The quantitative estimate of drug-likeness (QED) is 0.537. The van der Waals surface area contributed by atoms with Gasteiger partial charge < -0.3 is 21.3 Å². The summed E-state index contributed by atoms with van der Waals surface area (Å²) >= 11 is 4.60. The summed E-state index contributed by atoms with van der Waals surface area (Å²) in [6, 6.07) is 7.14. The summed E-state index contributed by atoms with van der Waals surface area (Å²) in [5.74, 6) is -1.53. The molecule has 0 saturated heterocycles. The first-order chi connectivity index (χ1) is 8.90. The number of anilines is 2. The van der Waals surface area contributed by atoms with Crippen LogP contribution in [0.2, 0.25) is 0 Å². The van der Waals surface area contributed by atoms with Crippen LogP contribution in [-0.2, 0) is 9.59 Å². The van der Waals surface area contributed by atoms with Crippen molar-refractivity contribution < 1.29 is 9.59 Å². The lowest BCUT2D eigenvalue weighted by atomic mass is 10.2. The number of amides is 2. The van der Waals surface area contributed by atoms with Crippen molar-refractivity contribution in [3.05, 3.63) is 24.3 Å². The minimum Gasteiger partial charge on any atom is -0.392 e. The number of nitrogens with one attached hydrogen (secondary N) is 2. The van der Waals surface area contributed by atoms with Crippen molar-refractivity contribution in [3.8, 4) is 0 Å². The molecule has 102 valence electrons. The maximum atomic E-state index is 11.6. The fraction of sp³-hybridized carbons (Fsp3) is 0.250. The summed E-state index contributed by atoms with van der Waals surface area (Å²) < 4.78 is 0. The molecule has 2 amide bonds. The van der Waals surface area contributed by atoms with Crippen molar-refractivity contribution >= 4 is 40.4 Å². The van der Waals surface area contributed by atoms with Crippen LogP contribution in [0, 0.1) is 0 Å². The van der Waals surface area contributed by atoms with E-state index in [2.05, 4.69) is 22.9 Å². The Hall–Kier alpha value is -2.15. The summed E-state index contributed by atoms with van der Waals surface area (Å²) in [5, 5.41) is 4.81. The first kappa shape index (κ1) is 14.9. The number of hydrogen-bond acceptors (Lipinski definition) is 4. The van der Waals surface area contributed by atoms with Gasteiger partial charge in [0.25, 0.3) is 0 Å². The van der Waals surface area contributed by atoms with Crippen LogP contribution in [0.3, 0.4) is 0 Å². The minimum atomic E-state index is -0.775. The second-order valence-electron chi connectivity index (χ2n) is 4.05. The molecule has 0 aliphatic heterocycles. The molecule has 1 aromatic carbocycles. The maximum absolute atomic E-state index is 11.6. The van der Waals surface area contributed by atoms with Gasteiger partial charge in [-0.05, 0) is 18.2 Å². The Kier molecular flexibility index (Phi) is 5.25. The lowest BCUT2D eigenvalue weighted by Crippen LogP contribution is -2.39. The van der Waals surface area contributed by atoms with Gasteiger partial charge in [-0.3, -0.25) is 9.59 Å². The highest BCUT2D eigenvalue weighted by Gasteiger charge is 2.13. The van der Waals surface area contributed by atoms with E-state index in [-0.39, 0.29) is 11.5 Å². The Morgan fingerprint density at radius 1 is 1.32 bits per heavy atom. The Balaban J connectivity index is 2.63. The Labute approximate surface area is 117 Å². The molecule has 6 nitrogen and oxygen atoms in total. The summed E-state index contributed by atoms with van der Waals surface area (Å²) in [7, 11) is 3.77. The molecule has 0 saturated carbocycles. The standard InChI is InChI=1S/C12H16N4O2S/c1-16(2)9-5-3-4-8(6-9)15-12(18)11(17)14-7-10(13)19/h3-6H,7H2,1-2H3,(H2,13,19)(H,14,17)(H,15,18). The van der Waals surface area contributed by atoms with Gasteiger partial charge in [0.05, 0.1) is 11.5 Å². The largest absolute Gasteiger partial charge is 0.392 e. The highest BCUT2D eigenvalue weighted by molar-refractivity contribution is 7.80. The topological polar surface area (TPSA) is 87.5 Å². The van der Waals surface area contributed by atoms with Gasteiger partial charge in [-0.1, -0.05) is 18.3 Å². The van der Waals surface area contributed by atoms with E-state index in [1.807, 2.05) is 25.1 Å². The first-order valence-electron chi connectivity index (χ1n) is 5.55. The minimum absolute atomic E-state index is 0.000671. The van der Waals surface area contributed by atoms with Crippen LogP contribution in [0.4, 0.5) is 11.4 Å². The molecule has 0 aliphatic carbocycles. The number of carbonyl (C=O) groups is 2. The van der Waals surface area contributed by atoms with Gasteiger partial charge in [0, 0.05) is 25.5 Å². The van der Waals surface area contributed by atoms with Crippen LogP contribution in [0.25, 0.3) is 0 Å². The van der Waals surface area contributed by atoms with E-state index >= 15 is 0 Å². The zero-order valence-electron chi connectivity index (χ0n) is 10.8. The predicted octanol–water partition coefficient (Wildman–Crippen LogP) is 0.0934. The summed E-state index contributed by atoms with van der Waals surface area (Å²) in [5.41, 5.74) is 6.69. The molecule has 0 aliphatic rings. The number of nitrogens with two attached hydrogens (primary N) is 1. The van der Waals surface area contributed by atoms with Crippen LogP contribution in [0.1, 0.15) is 0 Å². The first-order valence-corrected chi connectivity index (χ1v) is 5.96.